The lowest BCUT2D eigenvalue weighted by Gasteiger charge is -2.46. The highest BCUT2D eigenvalue weighted by atomic mass is 16.2. The molecule has 1 unspecified atom stereocenters. The van der Waals surface area contributed by atoms with E-state index in [9.17, 15) is 14.4 Å². The topological polar surface area (TPSA) is 89.9 Å². The van der Waals surface area contributed by atoms with Crippen LogP contribution in [-0.4, -0.2) is 101 Å². The summed E-state index contributed by atoms with van der Waals surface area (Å²) in [6, 6.07) is -0.0490. The van der Waals surface area contributed by atoms with Crippen LogP contribution in [0.1, 0.15) is 36.7 Å². The standard InChI is InChI=1S/C21H30N6O3/c1-4-25-12-7-21(18(25)29)15-27(19(30)24(2)3)14-20(21)5-10-26(11-6-20)17(28)16-13-22-8-9-23-16/h8-9,13H,4-7,10-12,14-15H2,1-3H3. The van der Waals surface area contributed by atoms with Crippen LogP contribution in [0, 0.1) is 10.8 Å². The summed E-state index contributed by atoms with van der Waals surface area (Å²) in [5.41, 5.74) is -0.497. The van der Waals surface area contributed by atoms with Gasteiger partial charge in [-0.25, -0.2) is 9.78 Å². The first kappa shape index (κ1) is 20.6. The number of urea groups is 1. The monoisotopic (exact) mass is 414 g/mol. The van der Waals surface area contributed by atoms with Crippen LogP contribution in [0.4, 0.5) is 4.79 Å². The molecule has 9 heteroatoms. The average Bonchev–Trinajstić information content (AvgIpc) is 3.26. The number of piperidine rings is 1. The molecule has 1 aromatic heterocycles. The first-order valence-corrected chi connectivity index (χ1v) is 10.6. The van der Waals surface area contributed by atoms with Crippen LogP contribution < -0.4 is 0 Å². The molecule has 4 heterocycles. The lowest BCUT2D eigenvalue weighted by atomic mass is 9.60. The number of fused-ring (bicyclic) bond motifs is 1. The molecule has 0 bridgehead atoms. The Morgan fingerprint density at radius 3 is 2.37 bits per heavy atom. The third-order valence-electron chi connectivity index (χ3n) is 7.30. The predicted molar refractivity (Wildman–Crippen MR) is 110 cm³/mol. The minimum absolute atomic E-state index is 0.0490. The Hall–Kier alpha value is -2.71. The summed E-state index contributed by atoms with van der Waals surface area (Å²) in [6.07, 6.45) is 6.74. The zero-order chi connectivity index (χ0) is 21.5. The van der Waals surface area contributed by atoms with E-state index >= 15 is 0 Å². The van der Waals surface area contributed by atoms with Crippen molar-refractivity contribution in [3.05, 3.63) is 24.3 Å². The van der Waals surface area contributed by atoms with Gasteiger partial charge in [-0.15, -0.1) is 0 Å². The molecule has 4 rings (SSSR count). The maximum atomic E-state index is 13.5. The van der Waals surface area contributed by atoms with Crippen LogP contribution in [0.15, 0.2) is 18.6 Å². The van der Waals surface area contributed by atoms with Crippen molar-refractivity contribution in [1.29, 1.82) is 0 Å². The summed E-state index contributed by atoms with van der Waals surface area (Å²) in [5.74, 6) is 0.0481. The molecule has 2 spiro atoms. The number of carbonyl (C=O) groups is 3. The zero-order valence-corrected chi connectivity index (χ0v) is 18.0. The quantitative estimate of drug-likeness (QED) is 0.718. The van der Waals surface area contributed by atoms with Gasteiger partial charge in [-0.05, 0) is 26.2 Å². The average molecular weight is 415 g/mol. The second kappa shape index (κ2) is 7.52. The summed E-state index contributed by atoms with van der Waals surface area (Å²) in [6.45, 7) is 5.58. The number of likely N-dealkylation sites (tertiary alicyclic amines) is 3. The fourth-order valence-corrected chi connectivity index (χ4v) is 5.61. The van der Waals surface area contributed by atoms with E-state index in [1.54, 1.807) is 30.1 Å². The molecule has 1 aromatic rings. The van der Waals surface area contributed by atoms with Gasteiger partial charge in [0.1, 0.15) is 5.69 Å². The molecule has 162 valence electrons. The first-order valence-electron chi connectivity index (χ1n) is 10.6. The molecule has 0 aromatic carbocycles. The van der Waals surface area contributed by atoms with E-state index in [4.69, 9.17) is 0 Å². The summed E-state index contributed by atoms with van der Waals surface area (Å²) in [7, 11) is 3.49. The van der Waals surface area contributed by atoms with Gasteiger partial charge in [-0.2, -0.15) is 0 Å². The number of amides is 4. The van der Waals surface area contributed by atoms with E-state index < -0.39 is 5.41 Å². The molecule has 1 atom stereocenters. The highest BCUT2D eigenvalue weighted by Crippen LogP contribution is 2.58. The van der Waals surface area contributed by atoms with E-state index in [1.165, 1.54) is 12.4 Å². The van der Waals surface area contributed by atoms with Gasteiger partial charge in [0, 0.05) is 71.2 Å². The minimum Gasteiger partial charge on any atom is -0.342 e. The molecule has 3 fully saturated rings. The third kappa shape index (κ3) is 3.02. The Kier molecular flexibility index (Phi) is 5.15. The lowest BCUT2D eigenvalue weighted by Crippen LogP contribution is -2.53. The van der Waals surface area contributed by atoms with E-state index in [-0.39, 0.29) is 23.3 Å². The van der Waals surface area contributed by atoms with E-state index in [0.717, 1.165) is 13.0 Å². The second-order valence-electron chi connectivity index (χ2n) is 8.91. The van der Waals surface area contributed by atoms with E-state index in [0.29, 0.717) is 51.3 Å². The molecule has 0 saturated carbocycles. The van der Waals surface area contributed by atoms with Crippen molar-refractivity contribution in [1.82, 2.24) is 29.6 Å². The maximum absolute atomic E-state index is 13.5. The van der Waals surface area contributed by atoms with Gasteiger partial charge in [0.2, 0.25) is 5.91 Å². The second-order valence-corrected chi connectivity index (χ2v) is 8.91. The number of nitrogens with zero attached hydrogens (tertiary/aromatic N) is 6. The van der Waals surface area contributed by atoms with Crippen LogP contribution in [0.5, 0.6) is 0 Å². The summed E-state index contributed by atoms with van der Waals surface area (Å²) in [5, 5.41) is 0. The van der Waals surface area contributed by atoms with Crippen molar-refractivity contribution in [2.45, 2.75) is 26.2 Å². The van der Waals surface area contributed by atoms with Crippen molar-refractivity contribution in [2.24, 2.45) is 10.8 Å². The molecule has 30 heavy (non-hydrogen) atoms. The molecule has 3 aliphatic rings. The Bertz CT molecular complexity index is 836. The SMILES string of the molecule is CCN1CCC2(CN(C(=O)N(C)C)CC23CCN(C(=O)c2cnccn2)CC3)C1=O. The van der Waals surface area contributed by atoms with Crippen molar-refractivity contribution in [3.63, 3.8) is 0 Å². The van der Waals surface area contributed by atoms with Crippen molar-refractivity contribution in [2.75, 3.05) is 53.4 Å². The van der Waals surface area contributed by atoms with Crippen LogP contribution in [0.3, 0.4) is 0 Å². The highest BCUT2D eigenvalue weighted by molar-refractivity contribution is 5.92. The Morgan fingerprint density at radius 1 is 1.07 bits per heavy atom. The summed E-state index contributed by atoms with van der Waals surface area (Å²) >= 11 is 0. The van der Waals surface area contributed by atoms with Gasteiger partial charge in [-0.3, -0.25) is 14.6 Å². The Morgan fingerprint density at radius 2 is 1.80 bits per heavy atom. The van der Waals surface area contributed by atoms with Gasteiger partial charge in [0.25, 0.3) is 5.91 Å². The number of hydrogen-bond donors (Lipinski definition) is 0. The molecular weight excluding hydrogens is 384 g/mol. The highest BCUT2D eigenvalue weighted by Gasteiger charge is 2.66. The van der Waals surface area contributed by atoms with Crippen LogP contribution >= 0.6 is 0 Å². The molecule has 9 nitrogen and oxygen atoms in total. The Labute approximate surface area is 177 Å². The maximum Gasteiger partial charge on any atom is 0.319 e. The molecule has 0 N–H and O–H groups in total. The number of carbonyl (C=O) groups excluding carboxylic acids is 3. The summed E-state index contributed by atoms with van der Waals surface area (Å²) in [4.78, 5) is 54.3. The van der Waals surface area contributed by atoms with Gasteiger partial charge in [0.05, 0.1) is 11.6 Å². The molecule has 3 saturated heterocycles. The van der Waals surface area contributed by atoms with Gasteiger partial charge in [0.15, 0.2) is 0 Å². The zero-order valence-electron chi connectivity index (χ0n) is 18.0. The number of rotatable bonds is 2. The summed E-state index contributed by atoms with van der Waals surface area (Å²) < 4.78 is 0. The minimum atomic E-state index is -0.545. The van der Waals surface area contributed by atoms with Crippen molar-refractivity contribution in [3.8, 4) is 0 Å². The van der Waals surface area contributed by atoms with Gasteiger partial charge < -0.3 is 19.6 Å². The van der Waals surface area contributed by atoms with Crippen LogP contribution in [0.2, 0.25) is 0 Å². The van der Waals surface area contributed by atoms with E-state index in [2.05, 4.69) is 9.97 Å². The first-order chi connectivity index (χ1) is 14.3. The predicted octanol–water partition coefficient (Wildman–Crippen LogP) is 0.935. The lowest BCUT2D eigenvalue weighted by molar-refractivity contribution is -0.141. The molecule has 3 aliphatic heterocycles. The van der Waals surface area contributed by atoms with Crippen LogP contribution in [0.25, 0.3) is 0 Å². The fourth-order valence-electron chi connectivity index (χ4n) is 5.61. The number of hydrogen-bond acceptors (Lipinski definition) is 5. The molecule has 0 radical (unpaired) electrons. The van der Waals surface area contributed by atoms with Crippen molar-refractivity contribution < 1.29 is 14.4 Å². The van der Waals surface area contributed by atoms with Crippen molar-refractivity contribution >= 4 is 17.8 Å². The van der Waals surface area contributed by atoms with Gasteiger partial charge >= 0.3 is 6.03 Å². The number of aromatic nitrogens is 2. The molecular formula is C21H30N6O3. The molecule has 4 amide bonds. The third-order valence-corrected chi connectivity index (χ3v) is 7.30. The Balaban J connectivity index is 1.58. The van der Waals surface area contributed by atoms with Crippen LogP contribution in [-0.2, 0) is 4.79 Å². The van der Waals surface area contributed by atoms with Gasteiger partial charge in [-0.1, -0.05) is 0 Å². The molecule has 0 aliphatic carbocycles. The fraction of sp³-hybridized carbons (Fsp3) is 0.667. The smallest absolute Gasteiger partial charge is 0.319 e. The normalized spacial score (nSPS) is 25.4. The van der Waals surface area contributed by atoms with E-state index in [1.807, 2.05) is 16.7 Å². The largest absolute Gasteiger partial charge is 0.342 e.